The molecule has 1 unspecified atom stereocenters. The highest BCUT2D eigenvalue weighted by atomic mass is 28.3. The van der Waals surface area contributed by atoms with Crippen LogP contribution < -0.4 is 20.7 Å². The van der Waals surface area contributed by atoms with Gasteiger partial charge < -0.3 is 0 Å². The standard InChI is InChI=1S/C44H31NSi/c1-4-14-33(15-5-1)46(34-16-6-2-7-17-34,35-18-8-3-9-19-35)36-27-24-31(25-28-36)32-26-29-38-37-20-10-11-21-39(37)43-40-22-12-13-23-42(40)45-44(43)41(38)30-32/h1-30,43H. The Morgan fingerprint density at radius 1 is 0.370 bits per heavy atom. The first kappa shape index (κ1) is 26.8. The van der Waals surface area contributed by atoms with Crippen LogP contribution in [0.15, 0.2) is 187 Å². The van der Waals surface area contributed by atoms with Crippen LogP contribution in [0.5, 0.6) is 0 Å². The van der Waals surface area contributed by atoms with E-state index in [2.05, 4.69) is 182 Å². The molecule has 2 aliphatic rings. The molecular formula is C44H31NSi. The van der Waals surface area contributed by atoms with Crippen molar-refractivity contribution in [2.24, 2.45) is 4.99 Å². The Labute approximate surface area is 271 Å². The quantitative estimate of drug-likeness (QED) is 0.140. The van der Waals surface area contributed by atoms with Crippen molar-refractivity contribution < 1.29 is 0 Å². The average Bonchev–Trinajstić information content (AvgIpc) is 3.54. The molecule has 1 aliphatic carbocycles. The van der Waals surface area contributed by atoms with E-state index in [1.54, 1.807) is 0 Å². The van der Waals surface area contributed by atoms with E-state index in [9.17, 15) is 0 Å². The SMILES string of the molecule is c1ccc([Si](c2ccccc2)(c2ccccc2)c2ccc(-c3ccc4c(c3)C3=Nc5ccccc5C3c3ccccc3-4)cc2)cc1. The molecule has 46 heavy (non-hydrogen) atoms. The summed E-state index contributed by atoms with van der Waals surface area (Å²) < 4.78 is 0. The molecular weight excluding hydrogens is 571 g/mol. The highest BCUT2D eigenvalue weighted by Crippen LogP contribution is 2.49. The fourth-order valence-corrected chi connectivity index (χ4v) is 12.6. The molecule has 0 amide bonds. The lowest BCUT2D eigenvalue weighted by atomic mass is 9.75. The molecule has 0 N–H and O–H groups in total. The van der Waals surface area contributed by atoms with E-state index >= 15 is 0 Å². The van der Waals surface area contributed by atoms with E-state index in [-0.39, 0.29) is 5.92 Å². The average molecular weight is 602 g/mol. The molecule has 0 fully saturated rings. The van der Waals surface area contributed by atoms with Gasteiger partial charge in [-0.2, -0.15) is 0 Å². The summed E-state index contributed by atoms with van der Waals surface area (Å²) >= 11 is 0. The fraction of sp³-hybridized carbons (Fsp3) is 0.0227. The first-order valence-electron chi connectivity index (χ1n) is 16.0. The maximum absolute atomic E-state index is 5.22. The molecule has 1 heterocycles. The van der Waals surface area contributed by atoms with Gasteiger partial charge >= 0.3 is 0 Å². The van der Waals surface area contributed by atoms with Gasteiger partial charge in [0.15, 0.2) is 8.07 Å². The van der Waals surface area contributed by atoms with E-state index in [4.69, 9.17) is 4.99 Å². The molecule has 0 bridgehead atoms. The number of hydrogen-bond donors (Lipinski definition) is 0. The molecule has 1 atom stereocenters. The maximum atomic E-state index is 5.22. The summed E-state index contributed by atoms with van der Waals surface area (Å²) in [5.74, 6) is 0.173. The zero-order valence-electron chi connectivity index (χ0n) is 25.3. The Hall–Kier alpha value is -5.57. The van der Waals surface area contributed by atoms with Gasteiger partial charge in [-0.05, 0) is 66.3 Å². The largest absolute Gasteiger partial charge is 0.251 e. The number of hydrogen-bond acceptors (Lipinski definition) is 1. The highest BCUT2D eigenvalue weighted by Gasteiger charge is 2.41. The van der Waals surface area contributed by atoms with Crippen molar-refractivity contribution in [3.8, 4) is 22.3 Å². The minimum atomic E-state index is -2.56. The molecule has 216 valence electrons. The Bertz CT molecular complexity index is 2140. The fourth-order valence-electron chi connectivity index (χ4n) is 7.85. The van der Waals surface area contributed by atoms with Crippen LogP contribution in [0.1, 0.15) is 22.6 Å². The second kappa shape index (κ2) is 10.8. The van der Waals surface area contributed by atoms with Gasteiger partial charge in [0, 0.05) is 5.56 Å². The molecule has 1 aliphatic heterocycles. The lowest BCUT2D eigenvalue weighted by molar-refractivity contribution is 1.10. The second-order valence-corrected chi connectivity index (χ2v) is 16.1. The summed E-state index contributed by atoms with van der Waals surface area (Å²) in [4.78, 5) is 5.22. The Kier molecular flexibility index (Phi) is 6.29. The van der Waals surface area contributed by atoms with E-state index in [1.165, 1.54) is 59.7 Å². The van der Waals surface area contributed by atoms with Gasteiger partial charge in [0.1, 0.15) is 0 Å². The number of benzene rings is 7. The molecule has 0 spiro atoms. The van der Waals surface area contributed by atoms with E-state index in [0.29, 0.717) is 0 Å². The summed E-state index contributed by atoms with van der Waals surface area (Å²) in [5, 5.41) is 5.54. The van der Waals surface area contributed by atoms with Gasteiger partial charge in [-0.25, -0.2) is 0 Å². The maximum Gasteiger partial charge on any atom is 0.179 e. The Morgan fingerprint density at radius 3 is 1.50 bits per heavy atom. The summed E-state index contributed by atoms with van der Waals surface area (Å²) in [6.07, 6.45) is 0. The summed E-state index contributed by atoms with van der Waals surface area (Å²) in [6.45, 7) is 0. The summed E-state index contributed by atoms with van der Waals surface area (Å²) in [7, 11) is -2.56. The number of fused-ring (bicyclic) bond motifs is 8. The van der Waals surface area contributed by atoms with Crippen molar-refractivity contribution in [3.05, 3.63) is 199 Å². The van der Waals surface area contributed by atoms with Crippen LogP contribution in [0.25, 0.3) is 22.3 Å². The first-order valence-corrected chi connectivity index (χ1v) is 18.0. The van der Waals surface area contributed by atoms with Crippen molar-refractivity contribution >= 4 is 40.2 Å². The van der Waals surface area contributed by atoms with Crippen LogP contribution in [0, 0.1) is 0 Å². The molecule has 0 aromatic heterocycles. The molecule has 0 saturated carbocycles. The predicted molar refractivity (Wildman–Crippen MR) is 195 cm³/mol. The minimum Gasteiger partial charge on any atom is -0.251 e. The smallest absolute Gasteiger partial charge is 0.179 e. The van der Waals surface area contributed by atoms with Crippen LogP contribution in [0.2, 0.25) is 0 Å². The second-order valence-electron chi connectivity index (χ2n) is 12.3. The van der Waals surface area contributed by atoms with Crippen LogP contribution >= 0.6 is 0 Å². The summed E-state index contributed by atoms with van der Waals surface area (Å²) in [5.41, 5.74) is 11.1. The predicted octanol–water partition coefficient (Wildman–Crippen LogP) is 7.98. The van der Waals surface area contributed by atoms with Gasteiger partial charge in [0.25, 0.3) is 0 Å². The number of nitrogens with zero attached hydrogens (tertiary/aromatic N) is 1. The molecule has 2 heteroatoms. The van der Waals surface area contributed by atoms with E-state index in [0.717, 1.165) is 11.4 Å². The van der Waals surface area contributed by atoms with Crippen LogP contribution in [-0.4, -0.2) is 13.8 Å². The third-order valence-corrected chi connectivity index (χ3v) is 14.7. The molecule has 1 nitrogen and oxygen atoms in total. The third-order valence-electron chi connectivity index (χ3n) is 9.89. The molecule has 0 radical (unpaired) electrons. The summed E-state index contributed by atoms with van der Waals surface area (Å²) in [6, 6.07) is 67.2. The van der Waals surface area contributed by atoms with Gasteiger partial charge in [0.2, 0.25) is 0 Å². The molecule has 7 aromatic rings. The molecule has 0 saturated heterocycles. The third kappa shape index (κ3) is 4.04. The van der Waals surface area contributed by atoms with Gasteiger partial charge in [0.05, 0.1) is 17.3 Å². The normalized spacial score (nSPS) is 14.4. The van der Waals surface area contributed by atoms with Gasteiger partial charge in [-0.1, -0.05) is 170 Å². The first-order chi connectivity index (χ1) is 22.8. The lowest BCUT2D eigenvalue weighted by Crippen LogP contribution is -2.74. The Balaban J connectivity index is 1.20. The van der Waals surface area contributed by atoms with Crippen LogP contribution in [-0.2, 0) is 0 Å². The topological polar surface area (TPSA) is 12.4 Å². The van der Waals surface area contributed by atoms with Crippen LogP contribution in [0.3, 0.4) is 0 Å². The zero-order valence-corrected chi connectivity index (χ0v) is 26.3. The molecule has 9 rings (SSSR count). The van der Waals surface area contributed by atoms with Gasteiger partial charge in [-0.15, -0.1) is 0 Å². The van der Waals surface area contributed by atoms with Gasteiger partial charge in [-0.3, -0.25) is 4.99 Å². The van der Waals surface area contributed by atoms with Crippen molar-refractivity contribution in [2.75, 3.05) is 0 Å². The highest BCUT2D eigenvalue weighted by molar-refractivity contribution is 7.19. The van der Waals surface area contributed by atoms with Crippen molar-refractivity contribution in [2.45, 2.75) is 5.92 Å². The van der Waals surface area contributed by atoms with Crippen molar-refractivity contribution in [3.63, 3.8) is 0 Å². The van der Waals surface area contributed by atoms with Crippen molar-refractivity contribution in [1.82, 2.24) is 0 Å². The monoisotopic (exact) mass is 601 g/mol. The minimum absolute atomic E-state index is 0.173. The lowest BCUT2D eigenvalue weighted by Gasteiger charge is -2.34. The Morgan fingerprint density at radius 2 is 0.870 bits per heavy atom. The van der Waals surface area contributed by atoms with Crippen LogP contribution in [0.4, 0.5) is 5.69 Å². The van der Waals surface area contributed by atoms with E-state index in [1.807, 2.05) is 0 Å². The van der Waals surface area contributed by atoms with Crippen molar-refractivity contribution in [1.29, 1.82) is 0 Å². The zero-order chi connectivity index (χ0) is 30.5. The van der Waals surface area contributed by atoms with E-state index < -0.39 is 8.07 Å². The number of para-hydroxylation sites is 1. The number of rotatable bonds is 5. The molecule has 7 aromatic carbocycles. The number of aliphatic imine (C=N–C) groups is 1.